The molecule has 1 saturated heterocycles. The van der Waals surface area contributed by atoms with Crippen LogP contribution in [0.3, 0.4) is 0 Å². The summed E-state index contributed by atoms with van der Waals surface area (Å²) in [6, 6.07) is 5.60. The molecule has 0 aromatic heterocycles. The molecule has 0 spiro atoms. The van der Waals surface area contributed by atoms with Crippen molar-refractivity contribution in [1.82, 2.24) is 4.90 Å². The van der Waals surface area contributed by atoms with E-state index in [9.17, 15) is 28.2 Å². The second kappa shape index (κ2) is 4.41. The molecule has 2 rings (SSSR count). The summed E-state index contributed by atoms with van der Waals surface area (Å²) < 4.78 is 37.9. The number of amides is 1. The number of carbonyl (C=O) groups excluding carboxylic acids is 1. The Morgan fingerprint density at radius 1 is 1.32 bits per heavy atom. The van der Waals surface area contributed by atoms with Crippen molar-refractivity contribution in [1.29, 1.82) is 0 Å². The summed E-state index contributed by atoms with van der Waals surface area (Å²) in [5, 5.41) is 19.0. The van der Waals surface area contributed by atoms with Crippen LogP contribution in [0.15, 0.2) is 24.3 Å². The average Bonchev–Trinajstić information content (AvgIpc) is 2.72. The zero-order chi connectivity index (χ0) is 14.3. The normalized spacial score (nSPS) is 23.7. The molecule has 1 aromatic rings. The minimum Gasteiger partial charge on any atom is -0.507 e. The molecule has 1 unspecified atom stereocenters. The van der Waals surface area contributed by atoms with Crippen LogP contribution in [-0.2, 0) is 0 Å². The average molecular weight is 275 g/mol. The highest BCUT2D eigenvalue weighted by molar-refractivity contribution is 5.97. The van der Waals surface area contributed by atoms with Crippen LogP contribution in [0.5, 0.6) is 5.75 Å². The second-order valence-corrected chi connectivity index (χ2v) is 4.52. The number of benzene rings is 1. The Balaban J connectivity index is 2.18. The minimum atomic E-state index is -4.78. The molecule has 0 aliphatic carbocycles. The number of likely N-dealkylation sites (tertiary alicyclic amines) is 1. The van der Waals surface area contributed by atoms with Gasteiger partial charge in [-0.3, -0.25) is 4.79 Å². The third-order valence-electron chi connectivity index (χ3n) is 3.20. The van der Waals surface area contributed by atoms with Gasteiger partial charge >= 0.3 is 6.18 Å². The van der Waals surface area contributed by atoms with E-state index in [-0.39, 0.29) is 17.9 Å². The van der Waals surface area contributed by atoms with E-state index in [4.69, 9.17) is 0 Å². The summed E-state index contributed by atoms with van der Waals surface area (Å²) in [5.74, 6) is -1.02. The number of phenols is 1. The molecular weight excluding hydrogens is 263 g/mol. The number of β-amino-alcohol motifs (C(OH)–C–C–N with tert-alkyl or cyclic N) is 1. The number of hydrogen-bond acceptors (Lipinski definition) is 3. The first-order valence-electron chi connectivity index (χ1n) is 5.61. The van der Waals surface area contributed by atoms with Crippen LogP contribution >= 0.6 is 0 Å². The highest BCUT2D eigenvalue weighted by Crippen LogP contribution is 2.38. The molecular formula is C12H12F3NO3. The van der Waals surface area contributed by atoms with E-state index in [1.165, 1.54) is 24.3 Å². The highest BCUT2D eigenvalue weighted by atomic mass is 19.4. The van der Waals surface area contributed by atoms with Crippen molar-refractivity contribution in [3.8, 4) is 5.75 Å². The standard InChI is InChI=1S/C12H12F3NO3/c13-12(14,15)11(19)5-6-16(7-11)10(18)8-3-1-2-4-9(8)17/h1-4,17,19H,5-7H2. The fourth-order valence-electron chi connectivity index (χ4n) is 2.02. The Hall–Kier alpha value is -1.76. The molecule has 1 aliphatic heterocycles. The van der Waals surface area contributed by atoms with Crippen molar-refractivity contribution >= 4 is 5.91 Å². The van der Waals surface area contributed by atoms with Crippen molar-refractivity contribution in [3.05, 3.63) is 29.8 Å². The van der Waals surface area contributed by atoms with E-state index in [2.05, 4.69) is 0 Å². The maximum Gasteiger partial charge on any atom is 0.419 e. The van der Waals surface area contributed by atoms with Gasteiger partial charge in [-0.15, -0.1) is 0 Å². The van der Waals surface area contributed by atoms with Crippen molar-refractivity contribution < 1.29 is 28.2 Å². The lowest BCUT2D eigenvalue weighted by Gasteiger charge is -2.26. The van der Waals surface area contributed by atoms with E-state index in [0.717, 1.165) is 4.90 Å². The molecule has 7 heteroatoms. The lowest BCUT2D eigenvalue weighted by Crippen LogP contribution is -2.48. The monoisotopic (exact) mass is 275 g/mol. The van der Waals surface area contributed by atoms with E-state index in [1.807, 2.05) is 0 Å². The zero-order valence-electron chi connectivity index (χ0n) is 9.81. The molecule has 1 amide bonds. The number of aliphatic hydroxyl groups is 1. The van der Waals surface area contributed by atoms with E-state index in [0.29, 0.717) is 0 Å². The van der Waals surface area contributed by atoms with Crippen molar-refractivity contribution in [2.24, 2.45) is 0 Å². The summed E-state index contributed by atoms with van der Waals surface area (Å²) in [5.41, 5.74) is -2.94. The van der Waals surface area contributed by atoms with E-state index < -0.39 is 30.7 Å². The van der Waals surface area contributed by atoms with Gasteiger partial charge in [0.25, 0.3) is 5.91 Å². The maximum atomic E-state index is 12.6. The van der Waals surface area contributed by atoms with Crippen LogP contribution in [0.2, 0.25) is 0 Å². The molecule has 104 valence electrons. The first-order valence-corrected chi connectivity index (χ1v) is 5.61. The van der Waals surface area contributed by atoms with E-state index >= 15 is 0 Å². The van der Waals surface area contributed by atoms with E-state index in [1.54, 1.807) is 0 Å². The molecule has 0 bridgehead atoms. The summed E-state index contributed by atoms with van der Waals surface area (Å²) >= 11 is 0. The number of alkyl halides is 3. The Labute approximate surface area is 107 Å². The summed E-state index contributed by atoms with van der Waals surface area (Å²) in [6.07, 6.45) is -5.34. The molecule has 1 aliphatic rings. The number of aromatic hydroxyl groups is 1. The van der Waals surface area contributed by atoms with Crippen molar-refractivity contribution in [2.45, 2.75) is 18.2 Å². The Kier molecular flexibility index (Phi) is 3.17. The van der Waals surface area contributed by atoms with Crippen LogP contribution < -0.4 is 0 Å². The maximum absolute atomic E-state index is 12.6. The molecule has 4 nitrogen and oxygen atoms in total. The number of hydrogen-bond donors (Lipinski definition) is 2. The van der Waals surface area contributed by atoms with Crippen molar-refractivity contribution in [2.75, 3.05) is 13.1 Å². The number of phenolic OH excluding ortho intramolecular Hbond substituents is 1. The largest absolute Gasteiger partial charge is 0.507 e. The molecule has 2 N–H and O–H groups in total. The third-order valence-corrected chi connectivity index (χ3v) is 3.20. The Morgan fingerprint density at radius 3 is 2.47 bits per heavy atom. The number of para-hydroxylation sites is 1. The summed E-state index contributed by atoms with van der Waals surface area (Å²) in [7, 11) is 0. The lowest BCUT2D eigenvalue weighted by atomic mass is 10.0. The highest BCUT2D eigenvalue weighted by Gasteiger charge is 2.57. The third kappa shape index (κ3) is 2.37. The summed E-state index contributed by atoms with van der Waals surface area (Å²) in [6.45, 7) is -1.02. The van der Waals surface area contributed by atoms with Crippen molar-refractivity contribution in [3.63, 3.8) is 0 Å². The van der Waals surface area contributed by atoms with Gasteiger partial charge in [-0.05, 0) is 12.1 Å². The minimum absolute atomic E-state index is 0.0751. The fraction of sp³-hybridized carbons (Fsp3) is 0.417. The van der Waals surface area contributed by atoms with Crippen LogP contribution in [0.1, 0.15) is 16.8 Å². The number of carbonyl (C=O) groups is 1. The van der Waals surface area contributed by atoms with Gasteiger partial charge in [0.15, 0.2) is 5.60 Å². The number of rotatable bonds is 1. The fourth-order valence-corrected chi connectivity index (χ4v) is 2.02. The van der Waals surface area contributed by atoms with Crippen LogP contribution in [-0.4, -0.2) is 45.9 Å². The lowest BCUT2D eigenvalue weighted by molar-refractivity contribution is -0.253. The Bertz CT molecular complexity index is 503. The molecule has 0 radical (unpaired) electrons. The number of nitrogens with zero attached hydrogens (tertiary/aromatic N) is 1. The molecule has 1 aromatic carbocycles. The number of halogens is 3. The molecule has 1 fully saturated rings. The van der Waals surface area contributed by atoms with Crippen LogP contribution in [0.4, 0.5) is 13.2 Å². The smallest absolute Gasteiger partial charge is 0.419 e. The van der Waals surface area contributed by atoms with Gasteiger partial charge in [0.1, 0.15) is 5.75 Å². The predicted molar refractivity (Wildman–Crippen MR) is 59.6 cm³/mol. The van der Waals surface area contributed by atoms with Gasteiger partial charge in [0.05, 0.1) is 12.1 Å². The SMILES string of the molecule is O=C(c1ccccc1O)N1CCC(O)(C(F)(F)F)C1. The first-order chi connectivity index (χ1) is 8.74. The zero-order valence-corrected chi connectivity index (χ0v) is 9.81. The quantitative estimate of drug-likeness (QED) is 0.817. The van der Waals surface area contributed by atoms with Gasteiger partial charge in [-0.1, -0.05) is 12.1 Å². The van der Waals surface area contributed by atoms with Gasteiger partial charge in [0.2, 0.25) is 0 Å². The Morgan fingerprint density at radius 2 is 1.95 bits per heavy atom. The summed E-state index contributed by atoms with van der Waals surface area (Å²) in [4.78, 5) is 12.9. The second-order valence-electron chi connectivity index (χ2n) is 4.52. The van der Waals surface area contributed by atoms with Gasteiger partial charge in [0, 0.05) is 13.0 Å². The molecule has 1 heterocycles. The van der Waals surface area contributed by atoms with Gasteiger partial charge < -0.3 is 15.1 Å². The van der Waals surface area contributed by atoms with Gasteiger partial charge in [-0.25, -0.2) is 0 Å². The predicted octanol–water partition coefficient (Wildman–Crippen LogP) is 1.53. The topological polar surface area (TPSA) is 60.8 Å². The molecule has 1 atom stereocenters. The first kappa shape index (κ1) is 13.7. The van der Waals surface area contributed by atoms with Crippen LogP contribution in [0, 0.1) is 0 Å². The van der Waals surface area contributed by atoms with Crippen LogP contribution in [0.25, 0.3) is 0 Å². The molecule has 0 saturated carbocycles. The van der Waals surface area contributed by atoms with Gasteiger partial charge in [-0.2, -0.15) is 13.2 Å². The molecule has 19 heavy (non-hydrogen) atoms.